The minimum Gasteiger partial charge on any atom is -0.493 e. The van der Waals surface area contributed by atoms with Crippen LogP contribution < -0.4 is 25.4 Å². The topological polar surface area (TPSA) is 114 Å². The zero-order chi connectivity index (χ0) is 20.3. The lowest BCUT2D eigenvalue weighted by molar-refractivity contribution is -0.123. The van der Waals surface area contributed by atoms with Gasteiger partial charge in [-0.15, -0.1) is 0 Å². The Labute approximate surface area is 163 Å². The molecular weight excluding hydrogens is 364 g/mol. The minimum atomic E-state index is -0.313. The Kier molecular flexibility index (Phi) is 5.91. The monoisotopic (exact) mass is 390 g/mol. The summed E-state index contributed by atoms with van der Waals surface area (Å²) in [6.45, 7) is 1.36. The van der Waals surface area contributed by atoms with Crippen LogP contribution in [0.15, 0.2) is 18.2 Å². The largest absolute Gasteiger partial charge is 0.493 e. The van der Waals surface area contributed by atoms with Crippen molar-refractivity contribution in [2.75, 3.05) is 38.8 Å². The van der Waals surface area contributed by atoms with E-state index in [9.17, 15) is 14.4 Å². The number of anilines is 1. The Morgan fingerprint density at radius 1 is 1.14 bits per heavy atom. The molecule has 0 radical (unpaired) electrons. The van der Waals surface area contributed by atoms with Crippen LogP contribution in [0.25, 0.3) is 0 Å². The molecule has 1 aromatic rings. The lowest BCUT2D eigenvalue weighted by Gasteiger charge is -2.31. The predicted molar refractivity (Wildman–Crippen MR) is 102 cm³/mol. The molecule has 1 aromatic carbocycles. The maximum absolute atomic E-state index is 12.5. The average Bonchev–Trinajstić information content (AvgIpc) is 3.07. The molecule has 9 heteroatoms. The molecule has 28 heavy (non-hydrogen) atoms. The van der Waals surface area contributed by atoms with E-state index in [0.29, 0.717) is 49.7 Å². The van der Waals surface area contributed by atoms with E-state index < -0.39 is 0 Å². The number of hydrogen-bond acceptors (Lipinski definition) is 5. The van der Waals surface area contributed by atoms with Crippen molar-refractivity contribution in [3.8, 4) is 11.5 Å². The van der Waals surface area contributed by atoms with Crippen LogP contribution in [0.1, 0.15) is 19.3 Å². The molecule has 2 aliphatic heterocycles. The Morgan fingerprint density at radius 3 is 2.43 bits per heavy atom. The molecule has 3 rings (SSSR count). The third-order valence-corrected chi connectivity index (χ3v) is 5.32. The molecule has 0 saturated carbocycles. The first kappa shape index (κ1) is 19.8. The Morgan fingerprint density at radius 2 is 1.82 bits per heavy atom. The van der Waals surface area contributed by atoms with Gasteiger partial charge in [0.25, 0.3) is 0 Å². The van der Waals surface area contributed by atoms with E-state index in [4.69, 9.17) is 15.2 Å². The van der Waals surface area contributed by atoms with Gasteiger partial charge in [0.1, 0.15) is 0 Å². The van der Waals surface area contributed by atoms with Crippen LogP contribution in [-0.4, -0.2) is 62.6 Å². The number of nitrogens with zero attached hydrogens (tertiary/aromatic N) is 2. The molecule has 0 spiro atoms. The molecule has 2 fully saturated rings. The number of ether oxygens (including phenoxy) is 2. The van der Waals surface area contributed by atoms with Crippen molar-refractivity contribution in [2.45, 2.75) is 25.3 Å². The number of methoxy groups -OCH3 is 2. The van der Waals surface area contributed by atoms with Gasteiger partial charge < -0.3 is 30.3 Å². The van der Waals surface area contributed by atoms with Crippen molar-refractivity contribution in [1.82, 2.24) is 10.2 Å². The highest BCUT2D eigenvalue weighted by molar-refractivity contribution is 5.97. The van der Waals surface area contributed by atoms with Crippen LogP contribution in [0.4, 0.5) is 10.5 Å². The highest BCUT2D eigenvalue weighted by atomic mass is 16.5. The van der Waals surface area contributed by atoms with Gasteiger partial charge in [0.15, 0.2) is 11.5 Å². The van der Waals surface area contributed by atoms with Crippen molar-refractivity contribution in [3.63, 3.8) is 0 Å². The van der Waals surface area contributed by atoms with Gasteiger partial charge in [-0.2, -0.15) is 0 Å². The fourth-order valence-corrected chi connectivity index (χ4v) is 3.68. The van der Waals surface area contributed by atoms with Gasteiger partial charge in [-0.1, -0.05) is 0 Å². The van der Waals surface area contributed by atoms with Crippen LogP contribution in [0.5, 0.6) is 11.5 Å². The first-order valence-electron chi connectivity index (χ1n) is 9.30. The normalized spacial score (nSPS) is 20.2. The maximum Gasteiger partial charge on any atom is 0.317 e. The second-order valence-electron chi connectivity index (χ2n) is 7.06. The molecular formula is C19H26N4O5. The van der Waals surface area contributed by atoms with Gasteiger partial charge in [0.05, 0.1) is 20.3 Å². The fourth-order valence-electron chi connectivity index (χ4n) is 3.68. The molecule has 2 saturated heterocycles. The highest BCUT2D eigenvalue weighted by Crippen LogP contribution is 2.33. The lowest BCUT2D eigenvalue weighted by Crippen LogP contribution is -2.49. The number of urea groups is 1. The zero-order valence-corrected chi connectivity index (χ0v) is 16.1. The van der Waals surface area contributed by atoms with Gasteiger partial charge in [-0.3, -0.25) is 9.59 Å². The fraction of sp³-hybridized carbons (Fsp3) is 0.526. The molecule has 2 heterocycles. The number of carbonyl (C=O) groups excluding carboxylic acids is 3. The third-order valence-electron chi connectivity index (χ3n) is 5.32. The van der Waals surface area contributed by atoms with E-state index in [-0.39, 0.29) is 36.2 Å². The molecule has 9 nitrogen and oxygen atoms in total. The quantitative estimate of drug-likeness (QED) is 0.769. The molecule has 1 atom stereocenters. The molecule has 3 N–H and O–H groups in total. The SMILES string of the molecule is COc1ccc(N2C[C@@H](NC(=O)N3CCC(C(N)=O)CC3)CC2=O)cc1OC. The van der Waals surface area contributed by atoms with Crippen molar-refractivity contribution in [2.24, 2.45) is 11.7 Å². The number of nitrogens with two attached hydrogens (primary N) is 1. The number of rotatable bonds is 5. The van der Waals surface area contributed by atoms with E-state index in [2.05, 4.69) is 5.32 Å². The summed E-state index contributed by atoms with van der Waals surface area (Å²) in [5, 5.41) is 2.93. The first-order chi connectivity index (χ1) is 13.4. The summed E-state index contributed by atoms with van der Waals surface area (Å²) in [7, 11) is 3.09. The summed E-state index contributed by atoms with van der Waals surface area (Å²) in [6.07, 6.45) is 1.38. The van der Waals surface area contributed by atoms with Crippen LogP contribution in [0.2, 0.25) is 0 Å². The Bertz CT molecular complexity index is 761. The lowest BCUT2D eigenvalue weighted by atomic mass is 9.96. The van der Waals surface area contributed by atoms with Gasteiger partial charge in [-0.25, -0.2) is 4.79 Å². The molecule has 0 aliphatic carbocycles. The molecule has 152 valence electrons. The number of benzene rings is 1. The highest BCUT2D eigenvalue weighted by Gasteiger charge is 2.34. The molecule has 0 bridgehead atoms. The summed E-state index contributed by atoms with van der Waals surface area (Å²) < 4.78 is 10.5. The van der Waals surface area contributed by atoms with Crippen LogP contribution in [0.3, 0.4) is 0 Å². The van der Waals surface area contributed by atoms with Crippen molar-refractivity contribution in [1.29, 1.82) is 0 Å². The number of primary amides is 1. The summed E-state index contributed by atoms with van der Waals surface area (Å²) in [6, 6.07) is 4.79. The Hall–Kier alpha value is -2.97. The summed E-state index contributed by atoms with van der Waals surface area (Å²) in [5.74, 6) is 0.578. The Balaban J connectivity index is 1.59. The summed E-state index contributed by atoms with van der Waals surface area (Å²) >= 11 is 0. The second-order valence-corrected chi connectivity index (χ2v) is 7.06. The smallest absolute Gasteiger partial charge is 0.317 e. The van der Waals surface area contributed by atoms with E-state index in [0.717, 1.165) is 0 Å². The molecule has 2 aliphatic rings. The third kappa shape index (κ3) is 4.13. The van der Waals surface area contributed by atoms with Crippen molar-refractivity contribution >= 4 is 23.5 Å². The van der Waals surface area contributed by atoms with Gasteiger partial charge in [-0.05, 0) is 25.0 Å². The number of carbonyl (C=O) groups is 3. The van der Waals surface area contributed by atoms with Crippen molar-refractivity contribution in [3.05, 3.63) is 18.2 Å². The number of amides is 4. The standard InChI is InChI=1S/C19H26N4O5/c1-27-15-4-3-14(10-16(15)28-2)23-11-13(9-17(23)24)21-19(26)22-7-5-12(6-8-22)18(20)25/h3-4,10,12-13H,5-9,11H2,1-2H3,(H2,20,25)(H,21,26)/t13-/m0/s1. The first-order valence-corrected chi connectivity index (χ1v) is 9.30. The maximum atomic E-state index is 12.5. The summed E-state index contributed by atoms with van der Waals surface area (Å²) in [4.78, 5) is 39.5. The molecule has 0 unspecified atom stereocenters. The number of piperidine rings is 1. The molecule has 4 amide bonds. The average molecular weight is 390 g/mol. The second kappa shape index (κ2) is 8.37. The van der Waals surface area contributed by atoms with Crippen LogP contribution in [0, 0.1) is 5.92 Å². The number of likely N-dealkylation sites (tertiary alicyclic amines) is 1. The van der Waals surface area contributed by atoms with E-state index in [1.165, 1.54) is 7.11 Å². The number of nitrogens with one attached hydrogen (secondary N) is 1. The molecule has 0 aromatic heterocycles. The predicted octanol–water partition coefficient (Wildman–Crippen LogP) is 0.716. The van der Waals surface area contributed by atoms with Crippen LogP contribution >= 0.6 is 0 Å². The summed E-state index contributed by atoms with van der Waals surface area (Å²) in [5.41, 5.74) is 6.02. The zero-order valence-electron chi connectivity index (χ0n) is 16.1. The van der Waals surface area contributed by atoms with Crippen molar-refractivity contribution < 1.29 is 23.9 Å². The van der Waals surface area contributed by atoms with Gasteiger partial charge in [0.2, 0.25) is 11.8 Å². The van der Waals surface area contributed by atoms with Gasteiger partial charge in [0, 0.05) is 43.7 Å². The van der Waals surface area contributed by atoms with E-state index in [1.807, 2.05) is 0 Å². The van der Waals surface area contributed by atoms with E-state index in [1.54, 1.807) is 35.1 Å². The van der Waals surface area contributed by atoms with Crippen LogP contribution in [-0.2, 0) is 9.59 Å². The minimum absolute atomic E-state index is 0.0649. The van der Waals surface area contributed by atoms with E-state index >= 15 is 0 Å². The van der Waals surface area contributed by atoms with Gasteiger partial charge >= 0.3 is 6.03 Å². The number of hydrogen-bond donors (Lipinski definition) is 2.